The van der Waals surface area contributed by atoms with Crippen LogP contribution >= 0.6 is 0 Å². The molecule has 2 aromatic rings. The van der Waals surface area contributed by atoms with Gasteiger partial charge in [-0.25, -0.2) is 0 Å². The number of furan rings is 1. The maximum Gasteiger partial charge on any atom is 0.197 e. The fourth-order valence-electron chi connectivity index (χ4n) is 1.33. The van der Waals surface area contributed by atoms with Crippen LogP contribution < -0.4 is 0 Å². The number of ketones is 1. The highest BCUT2D eigenvalue weighted by Crippen LogP contribution is 2.21. The summed E-state index contributed by atoms with van der Waals surface area (Å²) in [5, 5.41) is 0. The van der Waals surface area contributed by atoms with Crippen LogP contribution in [0.3, 0.4) is 0 Å². The van der Waals surface area contributed by atoms with E-state index in [2.05, 4.69) is 4.98 Å². The average molecular weight is 201 g/mol. The largest absolute Gasteiger partial charge is 0.453 e. The van der Waals surface area contributed by atoms with E-state index in [1.54, 1.807) is 24.5 Å². The Morgan fingerprint density at radius 2 is 2.27 bits per heavy atom. The second kappa shape index (κ2) is 4.09. The van der Waals surface area contributed by atoms with E-state index in [1.165, 1.54) is 0 Å². The molecule has 0 aliphatic heterocycles. The molecule has 0 aliphatic rings. The minimum absolute atomic E-state index is 0.0186. The molecule has 3 heteroatoms. The van der Waals surface area contributed by atoms with Gasteiger partial charge in [0.1, 0.15) is 5.76 Å². The molecule has 2 rings (SSSR count). The second-order valence-electron chi connectivity index (χ2n) is 3.18. The van der Waals surface area contributed by atoms with E-state index in [4.69, 9.17) is 4.42 Å². The van der Waals surface area contributed by atoms with Gasteiger partial charge in [0.15, 0.2) is 11.5 Å². The number of carbonyl (C=O) groups is 1. The SMILES string of the molecule is CCC(=O)c1ccc(-c2cccnc2)o1. The first kappa shape index (κ1) is 9.65. The molecule has 0 bridgehead atoms. The molecular formula is C12H11NO2. The Labute approximate surface area is 87.8 Å². The lowest BCUT2D eigenvalue weighted by atomic mass is 10.2. The predicted molar refractivity (Wildman–Crippen MR) is 56.6 cm³/mol. The predicted octanol–water partition coefficient (Wildman–Crippen LogP) is 2.93. The molecule has 2 aromatic heterocycles. The van der Waals surface area contributed by atoms with Crippen molar-refractivity contribution in [2.45, 2.75) is 13.3 Å². The van der Waals surface area contributed by atoms with E-state index < -0.39 is 0 Å². The number of pyridine rings is 1. The van der Waals surface area contributed by atoms with E-state index in [9.17, 15) is 4.79 Å². The van der Waals surface area contributed by atoms with Crippen LogP contribution in [-0.2, 0) is 0 Å². The fraction of sp³-hybridized carbons (Fsp3) is 0.167. The zero-order chi connectivity index (χ0) is 10.7. The maximum atomic E-state index is 11.3. The van der Waals surface area contributed by atoms with E-state index >= 15 is 0 Å². The topological polar surface area (TPSA) is 43.1 Å². The van der Waals surface area contributed by atoms with Crippen molar-refractivity contribution in [2.24, 2.45) is 0 Å². The van der Waals surface area contributed by atoms with Crippen molar-refractivity contribution in [3.8, 4) is 11.3 Å². The van der Waals surface area contributed by atoms with Crippen LogP contribution in [0.2, 0.25) is 0 Å². The normalized spacial score (nSPS) is 10.2. The van der Waals surface area contributed by atoms with Crippen molar-refractivity contribution < 1.29 is 9.21 Å². The highest BCUT2D eigenvalue weighted by Gasteiger charge is 2.09. The average Bonchev–Trinajstić information content (AvgIpc) is 2.78. The third kappa shape index (κ3) is 1.96. The number of carbonyl (C=O) groups excluding carboxylic acids is 1. The smallest absolute Gasteiger partial charge is 0.197 e. The lowest BCUT2D eigenvalue weighted by molar-refractivity contribution is 0.0962. The molecule has 0 aromatic carbocycles. The van der Waals surface area contributed by atoms with Crippen LogP contribution in [0.5, 0.6) is 0 Å². The van der Waals surface area contributed by atoms with Gasteiger partial charge in [0.2, 0.25) is 0 Å². The third-order valence-corrected chi connectivity index (χ3v) is 2.15. The maximum absolute atomic E-state index is 11.3. The molecular weight excluding hydrogens is 190 g/mol. The minimum atomic E-state index is 0.0186. The van der Waals surface area contributed by atoms with Crippen molar-refractivity contribution in [1.29, 1.82) is 0 Å². The molecule has 0 amide bonds. The minimum Gasteiger partial charge on any atom is -0.453 e. The molecule has 0 N–H and O–H groups in total. The molecule has 76 valence electrons. The highest BCUT2D eigenvalue weighted by atomic mass is 16.3. The summed E-state index contributed by atoms with van der Waals surface area (Å²) in [5.41, 5.74) is 0.882. The lowest BCUT2D eigenvalue weighted by Crippen LogP contribution is -1.92. The second-order valence-corrected chi connectivity index (χ2v) is 3.18. The first-order valence-electron chi connectivity index (χ1n) is 4.84. The van der Waals surface area contributed by atoms with Crippen LogP contribution in [0.15, 0.2) is 41.1 Å². The molecule has 0 saturated heterocycles. The van der Waals surface area contributed by atoms with Crippen molar-refractivity contribution in [3.63, 3.8) is 0 Å². The van der Waals surface area contributed by atoms with E-state index in [0.29, 0.717) is 17.9 Å². The van der Waals surface area contributed by atoms with Crippen molar-refractivity contribution >= 4 is 5.78 Å². The molecule has 0 atom stereocenters. The Morgan fingerprint density at radius 1 is 1.40 bits per heavy atom. The standard InChI is InChI=1S/C12H11NO2/c1-2-10(14)12-6-5-11(15-12)9-4-3-7-13-8-9/h3-8H,2H2,1H3. The Balaban J connectivity index is 2.32. The van der Waals surface area contributed by atoms with Crippen LogP contribution in [0.4, 0.5) is 0 Å². The van der Waals surface area contributed by atoms with E-state index in [-0.39, 0.29) is 5.78 Å². The summed E-state index contributed by atoms with van der Waals surface area (Å²) in [6, 6.07) is 7.22. The first-order valence-corrected chi connectivity index (χ1v) is 4.84. The van der Waals surface area contributed by atoms with Gasteiger partial charge < -0.3 is 4.42 Å². The van der Waals surface area contributed by atoms with Gasteiger partial charge in [-0.1, -0.05) is 6.92 Å². The quantitative estimate of drug-likeness (QED) is 0.717. The van der Waals surface area contributed by atoms with Gasteiger partial charge in [-0.15, -0.1) is 0 Å². The molecule has 3 nitrogen and oxygen atoms in total. The number of rotatable bonds is 3. The molecule has 0 aliphatic carbocycles. The Bertz CT molecular complexity index is 459. The zero-order valence-electron chi connectivity index (χ0n) is 8.43. The van der Waals surface area contributed by atoms with Gasteiger partial charge in [-0.2, -0.15) is 0 Å². The first-order chi connectivity index (χ1) is 7.31. The highest BCUT2D eigenvalue weighted by molar-refractivity contribution is 5.93. The van der Waals surface area contributed by atoms with Crippen molar-refractivity contribution in [3.05, 3.63) is 42.4 Å². The Kier molecular flexibility index (Phi) is 2.63. The van der Waals surface area contributed by atoms with Gasteiger partial charge in [0.25, 0.3) is 0 Å². The number of aromatic nitrogens is 1. The lowest BCUT2D eigenvalue weighted by Gasteiger charge is -1.94. The summed E-state index contributed by atoms with van der Waals surface area (Å²) >= 11 is 0. The van der Waals surface area contributed by atoms with Crippen LogP contribution in [0.1, 0.15) is 23.9 Å². The third-order valence-electron chi connectivity index (χ3n) is 2.15. The summed E-state index contributed by atoms with van der Waals surface area (Å²) in [6.45, 7) is 1.81. The monoisotopic (exact) mass is 201 g/mol. The van der Waals surface area contributed by atoms with Gasteiger partial charge in [0, 0.05) is 24.4 Å². The fourth-order valence-corrected chi connectivity index (χ4v) is 1.33. The van der Waals surface area contributed by atoms with Crippen LogP contribution in [-0.4, -0.2) is 10.8 Å². The summed E-state index contributed by atoms with van der Waals surface area (Å²) in [4.78, 5) is 15.3. The van der Waals surface area contributed by atoms with Crippen molar-refractivity contribution in [1.82, 2.24) is 4.98 Å². The number of hydrogen-bond acceptors (Lipinski definition) is 3. The Morgan fingerprint density at radius 3 is 2.93 bits per heavy atom. The summed E-state index contributed by atoms with van der Waals surface area (Å²) in [6.07, 6.45) is 3.86. The molecule has 0 saturated carbocycles. The molecule has 0 fully saturated rings. The Hall–Kier alpha value is -1.90. The van der Waals surface area contributed by atoms with Crippen molar-refractivity contribution in [2.75, 3.05) is 0 Å². The van der Waals surface area contributed by atoms with Crippen LogP contribution in [0.25, 0.3) is 11.3 Å². The summed E-state index contributed by atoms with van der Waals surface area (Å²) in [7, 11) is 0. The summed E-state index contributed by atoms with van der Waals surface area (Å²) < 4.78 is 5.43. The zero-order valence-corrected chi connectivity index (χ0v) is 8.43. The molecule has 0 radical (unpaired) electrons. The molecule has 0 spiro atoms. The number of hydrogen-bond donors (Lipinski definition) is 0. The van der Waals surface area contributed by atoms with Gasteiger partial charge in [-0.05, 0) is 24.3 Å². The van der Waals surface area contributed by atoms with Gasteiger partial charge in [-0.3, -0.25) is 9.78 Å². The number of nitrogens with zero attached hydrogens (tertiary/aromatic N) is 1. The molecule has 0 unspecified atom stereocenters. The van der Waals surface area contributed by atoms with E-state index in [1.807, 2.05) is 19.1 Å². The summed E-state index contributed by atoms with van der Waals surface area (Å²) in [5.74, 6) is 1.11. The number of Topliss-reactive ketones (excluding diaryl/α,β-unsaturated/α-hetero) is 1. The van der Waals surface area contributed by atoms with Crippen LogP contribution in [0, 0.1) is 0 Å². The molecule has 15 heavy (non-hydrogen) atoms. The van der Waals surface area contributed by atoms with E-state index in [0.717, 1.165) is 5.56 Å². The van der Waals surface area contributed by atoms with Gasteiger partial charge >= 0.3 is 0 Å². The molecule has 2 heterocycles. The van der Waals surface area contributed by atoms with Gasteiger partial charge in [0.05, 0.1) is 0 Å².